The molecule has 0 radical (unpaired) electrons. The smallest absolute Gasteiger partial charge is 0.312 e. The fourth-order valence-electron chi connectivity index (χ4n) is 4.49. The van der Waals surface area contributed by atoms with Gasteiger partial charge >= 0.3 is 5.97 Å². The van der Waals surface area contributed by atoms with Gasteiger partial charge < -0.3 is 29.4 Å². The fraction of sp³-hybridized carbons (Fsp3) is 0.179. The first kappa shape index (κ1) is 23.9. The number of nitrogens with two attached hydrogens (primary N) is 1. The number of hydrogen-bond acceptors (Lipinski definition) is 8. The minimum absolute atomic E-state index is 0.00808. The van der Waals surface area contributed by atoms with Crippen molar-refractivity contribution >= 4 is 23.7 Å². The molecular weight excluding hydrogens is 478 g/mol. The number of Topliss-reactive ketones (excluding diaryl/α,β-unsaturated/α-hetero) is 1. The van der Waals surface area contributed by atoms with Gasteiger partial charge in [0.05, 0.1) is 26.2 Å². The number of carbonyl (C=O) groups is 3. The number of methoxy groups -OCH3 is 2. The van der Waals surface area contributed by atoms with Crippen molar-refractivity contribution in [3.05, 3.63) is 82.6 Å². The van der Waals surface area contributed by atoms with Crippen molar-refractivity contribution in [3.63, 3.8) is 0 Å². The van der Waals surface area contributed by atoms with Gasteiger partial charge in [-0.1, -0.05) is 24.3 Å². The lowest BCUT2D eigenvalue weighted by atomic mass is 9.84. The van der Waals surface area contributed by atoms with Crippen LogP contribution in [0.25, 0.3) is 6.08 Å². The third-order valence-electron chi connectivity index (χ3n) is 6.17. The zero-order chi connectivity index (χ0) is 26.1. The van der Waals surface area contributed by atoms with Crippen molar-refractivity contribution < 1.29 is 38.1 Å². The molecule has 9 nitrogen and oxygen atoms in total. The van der Waals surface area contributed by atoms with Crippen molar-refractivity contribution in [2.75, 3.05) is 20.8 Å². The zero-order valence-corrected chi connectivity index (χ0v) is 20.1. The summed E-state index contributed by atoms with van der Waals surface area (Å²) in [7, 11) is 3.02. The van der Waals surface area contributed by atoms with Gasteiger partial charge in [-0.3, -0.25) is 14.4 Å². The summed E-state index contributed by atoms with van der Waals surface area (Å²) < 4.78 is 27.9. The van der Waals surface area contributed by atoms with Crippen molar-refractivity contribution in [2.24, 2.45) is 5.73 Å². The minimum Gasteiger partial charge on any atom is -0.496 e. The number of para-hydroxylation sites is 1. The van der Waals surface area contributed by atoms with E-state index < -0.39 is 17.8 Å². The van der Waals surface area contributed by atoms with E-state index in [1.54, 1.807) is 49.6 Å². The first-order chi connectivity index (χ1) is 17.9. The largest absolute Gasteiger partial charge is 0.496 e. The Morgan fingerprint density at radius 3 is 2.54 bits per heavy atom. The number of allylic oxidation sites excluding steroid dienone is 1. The van der Waals surface area contributed by atoms with Gasteiger partial charge in [0.15, 0.2) is 23.9 Å². The van der Waals surface area contributed by atoms with Gasteiger partial charge in [-0.2, -0.15) is 0 Å². The summed E-state index contributed by atoms with van der Waals surface area (Å²) in [4.78, 5) is 37.0. The number of carbonyl (C=O) groups excluding carboxylic acids is 3. The summed E-state index contributed by atoms with van der Waals surface area (Å²) in [6.07, 6.45) is 1.63. The molecular formula is C28H23NO8. The molecule has 2 aliphatic heterocycles. The Morgan fingerprint density at radius 1 is 1.00 bits per heavy atom. The topological polar surface area (TPSA) is 123 Å². The highest BCUT2D eigenvalue weighted by Crippen LogP contribution is 2.50. The van der Waals surface area contributed by atoms with E-state index in [1.807, 2.05) is 18.2 Å². The summed E-state index contributed by atoms with van der Waals surface area (Å²) in [5.74, 6) is 0.183. The van der Waals surface area contributed by atoms with Crippen LogP contribution in [0, 0.1) is 0 Å². The first-order valence-electron chi connectivity index (χ1n) is 11.4. The molecule has 3 aromatic rings. The van der Waals surface area contributed by atoms with Crippen LogP contribution in [-0.4, -0.2) is 38.5 Å². The maximum atomic E-state index is 13.3. The summed E-state index contributed by atoms with van der Waals surface area (Å²) in [6, 6.07) is 15.6. The maximum absolute atomic E-state index is 13.3. The molecule has 0 fully saturated rings. The second-order valence-electron chi connectivity index (χ2n) is 8.43. The molecule has 0 saturated heterocycles. The second kappa shape index (κ2) is 9.69. The van der Waals surface area contributed by atoms with E-state index in [4.69, 9.17) is 29.4 Å². The van der Waals surface area contributed by atoms with Crippen LogP contribution in [0.5, 0.6) is 28.7 Å². The van der Waals surface area contributed by atoms with Crippen LogP contribution in [0.3, 0.4) is 0 Å². The van der Waals surface area contributed by atoms with E-state index in [0.717, 1.165) is 0 Å². The Labute approximate surface area is 212 Å². The fourth-order valence-corrected chi connectivity index (χ4v) is 4.49. The highest BCUT2D eigenvalue weighted by atomic mass is 16.5. The van der Waals surface area contributed by atoms with Crippen molar-refractivity contribution in [1.29, 1.82) is 0 Å². The molecule has 1 amide bonds. The van der Waals surface area contributed by atoms with Crippen molar-refractivity contribution in [2.45, 2.75) is 12.3 Å². The number of esters is 1. The molecule has 2 aliphatic rings. The molecule has 3 aromatic carbocycles. The van der Waals surface area contributed by atoms with Gasteiger partial charge in [-0.15, -0.1) is 0 Å². The van der Waals surface area contributed by atoms with E-state index in [0.29, 0.717) is 51.0 Å². The molecule has 0 bridgehead atoms. The SMILES string of the molecule is COc1ccccc1/C=C1\Oc2c(ccc3c2[C@H](c2ccc(OC)c(OCC(N)=O)c2)CC(=O)O3)C1=O. The van der Waals surface area contributed by atoms with Crippen LogP contribution in [0.2, 0.25) is 0 Å². The van der Waals surface area contributed by atoms with Crippen molar-refractivity contribution in [3.8, 4) is 28.7 Å². The van der Waals surface area contributed by atoms with E-state index in [-0.39, 0.29) is 24.6 Å². The molecule has 0 spiro atoms. The number of primary amides is 1. The van der Waals surface area contributed by atoms with Crippen LogP contribution in [0.1, 0.15) is 39.4 Å². The van der Waals surface area contributed by atoms with Gasteiger partial charge in [0.1, 0.15) is 17.2 Å². The molecule has 9 heteroatoms. The lowest BCUT2D eigenvalue weighted by molar-refractivity contribution is -0.135. The van der Waals surface area contributed by atoms with E-state index in [2.05, 4.69) is 0 Å². The number of benzene rings is 3. The molecule has 2 heterocycles. The monoisotopic (exact) mass is 501 g/mol. The highest BCUT2D eigenvalue weighted by molar-refractivity contribution is 6.15. The Morgan fingerprint density at radius 2 is 1.78 bits per heavy atom. The van der Waals surface area contributed by atoms with E-state index in [9.17, 15) is 14.4 Å². The summed E-state index contributed by atoms with van der Waals surface area (Å²) in [5.41, 5.74) is 7.53. The number of ketones is 1. The van der Waals surface area contributed by atoms with Crippen LogP contribution in [0.4, 0.5) is 0 Å². The molecule has 37 heavy (non-hydrogen) atoms. The number of amides is 1. The van der Waals surface area contributed by atoms with E-state index in [1.165, 1.54) is 7.11 Å². The molecule has 5 rings (SSSR count). The van der Waals surface area contributed by atoms with Gasteiger partial charge in [0, 0.05) is 17.0 Å². The second-order valence-corrected chi connectivity index (χ2v) is 8.43. The van der Waals surface area contributed by atoms with Crippen molar-refractivity contribution in [1.82, 2.24) is 0 Å². The number of hydrogen-bond donors (Lipinski definition) is 1. The quantitative estimate of drug-likeness (QED) is 0.296. The van der Waals surface area contributed by atoms with Gasteiger partial charge in [-0.05, 0) is 42.0 Å². The molecule has 2 N–H and O–H groups in total. The predicted octanol–water partition coefficient (Wildman–Crippen LogP) is 3.63. The highest BCUT2D eigenvalue weighted by Gasteiger charge is 2.38. The molecule has 1 atom stereocenters. The first-order valence-corrected chi connectivity index (χ1v) is 11.4. The minimum atomic E-state index is -0.641. The zero-order valence-electron chi connectivity index (χ0n) is 20.1. The van der Waals surface area contributed by atoms with Gasteiger partial charge in [-0.25, -0.2) is 0 Å². The van der Waals surface area contributed by atoms with E-state index >= 15 is 0 Å². The molecule has 188 valence electrons. The van der Waals surface area contributed by atoms with Gasteiger partial charge in [0.2, 0.25) is 5.78 Å². The summed E-state index contributed by atoms with van der Waals surface area (Å²) in [5, 5.41) is 0. The lowest BCUT2D eigenvalue weighted by Crippen LogP contribution is -2.22. The Hall–Kier alpha value is -4.79. The maximum Gasteiger partial charge on any atom is 0.312 e. The number of fused-ring (bicyclic) bond motifs is 3. The third kappa shape index (κ3) is 4.47. The standard InChI is InChI=1S/C28H23NO8/c1-33-19-6-4-3-5-16(19)12-23-27(32)17-8-10-21-26(28(17)37-23)18(13-25(31)36-21)15-7-9-20(34-2)22(11-15)35-14-24(29)30/h3-12,18H,13-14H2,1-2H3,(H2,29,30)/b23-12-/t18-/m0/s1. The Kier molecular flexibility index (Phi) is 6.27. The average Bonchev–Trinajstić information content (AvgIpc) is 3.21. The summed E-state index contributed by atoms with van der Waals surface area (Å²) >= 11 is 0. The number of ether oxygens (including phenoxy) is 5. The number of rotatable bonds is 7. The van der Waals surface area contributed by atoms with Gasteiger partial charge in [0.25, 0.3) is 5.91 Å². The van der Waals surface area contributed by atoms with Crippen LogP contribution < -0.4 is 29.4 Å². The molecule has 0 aromatic heterocycles. The molecule has 0 aliphatic carbocycles. The summed E-state index contributed by atoms with van der Waals surface area (Å²) in [6.45, 7) is -0.340. The third-order valence-corrected chi connectivity index (χ3v) is 6.17. The van der Waals surface area contributed by atoms with Crippen LogP contribution in [-0.2, 0) is 9.59 Å². The van der Waals surface area contributed by atoms with Crippen LogP contribution >= 0.6 is 0 Å². The van der Waals surface area contributed by atoms with Crippen LogP contribution in [0.15, 0.2) is 60.4 Å². The predicted molar refractivity (Wildman–Crippen MR) is 132 cm³/mol. The Balaban J connectivity index is 1.58. The normalized spacial score (nSPS) is 16.9. The average molecular weight is 501 g/mol. The molecule has 0 unspecified atom stereocenters. The lowest BCUT2D eigenvalue weighted by Gasteiger charge is -2.26. The molecule has 0 saturated carbocycles. The Bertz CT molecular complexity index is 1460.